The Morgan fingerprint density at radius 1 is 1.25 bits per heavy atom. The average molecular weight is 221 g/mol. The van der Waals surface area contributed by atoms with Crippen LogP contribution in [0.1, 0.15) is 31.4 Å². The number of hydrogen-bond donors (Lipinski definition) is 1. The van der Waals surface area contributed by atoms with Crippen LogP contribution >= 0.6 is 0 Å². The van der Waals surface area contributed by atoms with Gasteiger partial charge in [-0.15, -0.1) is 0 Å². The molecule has 0 bridgehead atoms. The first-order chi connectivity index (χ1) is 7.38. The lowest BCUT2D eigenvalue weighted by molar-refractivity contribution is 0.250. The second kappa shape index (κ2) is 4.88. The van der Waals surface area contributed by atoms with E-state index >= 15 is 0 Å². The molecule has 0 saturated carbocycles. The van der Waals surface area contributed by atoms with E-state index in [4.69, 9.17) is 5.11 Å². The second-order valence-corrected chi connectivity index (χ2v) is 5.13. The van der Waals surface area contributed by atoms with Crippen molar-refractivity contribution in [3.8, 4) is 0 Å². The fraction of sp³-hybridized carbons (Fsp3) is 0.571. The highest BCUT2D eigenvalue weighted by molar-refractivity contribution is 5.55. The van der Waals surface area contributed by atoms with Crippen LogP contribution in [0.25, 0.3) is 0 Å². The van der Waals surface area contributed by atoms with Crippen molar-refractivity contribution in [2.75, 3.05) is 18.6 Å². The summed E-state index contributed by atoms with van der Waals surface area (Å²) in [4.78, 5) is 2.25. The predicted octanol–water partition coefficient (Wildman–Crippen LogP) is 2.90. The molecule has 1 rings (SSSR count). The van der Waals surface area contributed by atoms with Crippen LogP contribution < -0.4 is 4.90 Å². The van der Waals surface area contributed by atoms with Gasteiger partial charge >= 0.3 is 0 Å². The number of aryl methyl sites for hydroxylation is 2. The standard InChI is InChI=1S/C14H23NO/c1-11-6-7-13(12(2)10-11)15(5)14(3,4)8-9-16/h6-7,10,16H,8-9H2,1-5H3. The Kier molecular flexibility index (Phi) is 3.98. The zero-order valence-corrected chi connectivity index (χ0v) is 11.0. The third kappa shape index (κ3) is 2.76. The molecule has 0 fully saturated rings. The molecule has 90 valence electrons. The maximum absolute atomic E-state index is 9.08. The van der Waals surface area contributed by atoms with Crippen LogP contribution in [-0.4, -0.2) is 24.3 Å². The van der Waals surface area contributed by atoms with Crippen LogP contribution in [0.2, 0.25) is 0 Å². The van der Waals surface area contributed by atoms with Gasteiger partial charge in [-0.05, 0) is 45.7 Å². The van der Waals surface area contributed by atoms with Crippen molar-refractivity contribution in [2.45, 2.75) is 39.7 Å². The SMILES string of the molecule is Cc1ccc(N(C)C(C)(C)CCO)c(C)c1. The number of aliphatic hydroxyl groups excluding tert-OH is 1. The Morgan fingerprint density at radius 3 is 2.38 bits per heavy atom. The molecule has 0 spiro atoms. The van der Waals surface area contributed by atoms with Gasteiger partial charge in [0.25, 0.3) is 0 Å². The fourth-order valence-electron chi connectivity index (χ4n) is 1.95. The van der Waals surface area contributed by atoms with Crippen molar-refractivity contribution in [3.05, 3.63) is 29.3 Å². The van der Waals surface area contributed by atoms with E-state index in [1.807, 2.05) is 0 Å². The lowest BCUT2D eigenvalue weighted by Crippen LogP contribution is -2.42. The Hall–Kier alpha value is -1.02. The molecule has 2 nitrogen and oxygen atoms in total. The van der Waals surface area contributed by atoms with Gasteiger partial charge in [-0.3, -0.25) is 0 Å². The quantitative estimate of drug-likeness (QED) is 0.845. The van der Waals surface area contributed by atoms with E-state index in [0.717, 1.165) is 6.42 Å². The average Bonchev–Trinajstić information content (AvgIpc) is 2.16. The van der Waals surface area contributed by atoms with Gasteiger partial charge in [-0.2, -0.15) is 0 Å². The van der Waals surface area contributed by atoms with Gasteiger partial charge in [0.2, 0.25) is 0 Å². The third-order valence-electron chi connectivity index (χ3n) is 3.35. The Morgan fingerprint density at radius 2 is 1.88 bits per heavy atom. The Bertz CT molecular complexity index is 358. The predicted molar refractivity (Wildman–Crippen MR) is 70.1 cm³/mol. The lowest BCUT2D eigenvalue weighted by Gasteiger charge is -2.38. The molecular formula is C14H23NO. The molecular weight excluding hydrogens is 198 g/mol. The summed E-state index contributed by atoms with van der Waals surface area (Å²) >= 11 is 0. The van der Waals surface area contributed by atoms with E-state index in [1.54, 1.807) is 0 Å². The molecule has 1 aromatic rings. The van der Waals surface area contributed by atoms with Crippen molar-refractivity contribution in [1.29, 1.82) is 0 Å². The zero-order valence-electron chi connectivity index (χ0n) is 11.0. The van der Waals surface area contributed by atoms with Gasteiger partial charge in [-0.1, -0.05) is 17.7 Å². The monoisotopic (exact) mass is 221 g/mol. The lowest BCUT2D eigenvalue weighted by atomic mass is 9.97. The highest BCUT2D eigenvalue weighted by Gasteiger charge is 2.23. The van der Waals surface area contributed by atoms with Crippen molar-refractivity contribution in [1.82, 2.24) is 0 Å². The summed E-state index contributed by atoms with van der Waals surface area (Å²) in [5.41, 5.74) is 3.79. The summed E-state index contributed by atoms with van der Waals surface area (Å²) in [7, 11) is 2.09. The summed E-state index contributed by atoms with van der Waals surface area (Å²) in [6, 6.07) is 6.48. The normalized spacial score (nSPS) is 11.6. The maximum Gasteiger partial charge on any atom is 0.0453 e. The number of nitrogens with zero attached hydrogens (tertiary/aromatic N) is 1. The summed E-state index contributed by atoms with van der Waals surface area (Å²) in [6.45, 7) is 8.77. The van der Waals surface area contributed by atoms with Crippen LogP contribution in [0.4, 0.5) is 5.69 Å². The first kappa shape index (κ1) is 13.0. The highest BCUT2D eigenvalue weighted by atomic mass is 16.3. The molecule has 0 aromatic heterocycles. The molecule has 1 aromatic carbocycles. The summed E-state index contributed by atoms with van der Waals surface area (Å²) in [6.07, 6.45) is 0.775. The van der Waals surface area contributed by atoms with E-state index in [0.29, 0.717) is 0 Å². The molecule has 0 amide bonds. The van der Waals surface area contributed by atoms with Gasteiger partial charge in [0.1, 0.15) is 0 Å². The Labute approximate surface area is 98.9 Å². The second-order valence-electron chi connectivity index (χ2n) is 5.13. The molecule has 0 atom stereocenters. The van der Waals surface area contributed by atoms with E-state index in [1.165, 1.54) is 16.8 Å². The van der Waals surface area contributed by atoms with Crippen LogP contribution in [0.15, 0.2) is 18.2 Å². The van der Waals surface area contributed by atoms with E-state index in [2.05, 4.69) is 57.8 Å². The van der Waals surface area contributed by atoms with E-state index < -0.39 is 0 Å². The molecule has 0 aliphatic carbocycles. The Balaban J connectivity index is 3.00. The van der Waals surface area contributed by atoms with Gasteiger partial charge < -0.3 is 10.0 Å². The van der Waals surface area contributed by atoms with Gasteiger partial charge in [-0.25, -0.2) is 0 Å². The maximum atomic E-state index is 9.08. The van der Waals surface area contributed by atoms with Crippen LogP contribution in [0, 0.1) is 13.8 Å². The van der Waals surface area contributed by atoms with Crippen molar-refractivity contribution in [3.63, 3.8) is 0 Å². The van der Waals surface area contributed by atoms with E-state index in [-0.39, 0.29) is 12.1 Å². The molecule has 16 heavy (non-hydrogen) atoms. The smallest absolute Gasteiger partial charge is 0.0453 e. The minimum absolute atomic E-state index is 0.0191. The minimum atomic E-state index is -0.0191. The molecule has 2 heteroatoms. The number of hydrogen-bond acceptors (Lipinski definition) is 2. The zero-order chi connectivity index (χ0) is 12.3. The van der Waals surface area contributed by atoms with Gasteiger partial charge in [0, 0.05) is 24.9 Å². The minimum Gasteiger partial charge on any atom is -0.396 e. The molecule has 0 radical (unpaired) electrons. The third-order valence-corrected chi connectivity index (χ3v) is 3.35. The fourth-order valence-corrected chi connectivity index (χ4v) is 1.95. The topological polar surface area (TPSA) is 23.5 Å². The highest BCUT2D eigenvalue weighted by Crippen LogP contribution is 2.28. The number of anilines is 1. The number of aliphatic hydroxyl groups is 1. The van der Waals surface area contributed by atoms with Crippen molar-refractivity contribution < 1.29 is 5.11 Å². The molecule has 0 aliphatic heterocycles. The van der Waals surface area contributed by atoms with Crippen LogP contribution in [-0.2, 0) is 0 Å². The summed E-state index contributed by atoms with van der Waals surface area (Å²) < 4.78 is 0. The van der Waals surface area contributed by atoms with Crippen LogP contribution in [0.5, 0.6) is 0 Å². The molecule has 0 aliphatic rings. The molecule has 0 unspecified atom stereocenters. The molecule has 1 N–H and O–H groups in total. The van der Waals surface area contributed by atoms with Crippen molar-refractivity contribution >= 4 is 5.69 Å². The molecule has 0 saturated heterocycles. The molecule has 0 heterocycles. The van der Waals surface area contributed by atoms with E-state index in [9.17, 15) is 0 Å². The van der Waals surface area contributed by atoms with Crippen LogP contribution in [0.3, 0.4) is 0 Å². The number of benzene rings is 1. The largest absolute Gasteiger partial charge is 0.396 e. The summed E-state index contributed by atoms with van der Waals surface area (Å²) in [5, 5.41) is 9.08. The van der Waals surface area contributed by atoms with Gasteiger partial charge in [0.05, 0.1) is 0 Å². The first-order valence-corrected chi connectivity index (χ1v) is 5.80. The number of rotatable bonds is 4. The summed E-state index contributed by atoms with van der Waals surface area (Å²) in [5.74, 6) is 0. The first-order valence-electron chi connectivity index (χ1n) is 5.80. The van der Waals surface area contributed by atoms with Gasteiger partial charge in [0.15, 0.2) is 0 Å². The van der Waals surface area contributed by atoms with Crippen molar-refractivity contribution in [2.24, 2.45) is 0 Å².